The van der Waals surface area contributed by atoms with E-state index in [4.69, 9.17) is 4.42 Å². The number of carbonyl (C=O) groups excluding carboxylic acids is 2. The lowest BCUT2D eigenvalue weighted by Crippen LogP contribution is -2.37. The van der Waals surface area contributed by atoms with Gasteiger partial charge in [0.2, 0.25) is 0 Å². The Hall–Kier alpha value is -1.93. The van der Waals surface area contributed by atoms with Crippen molar-refractivity contribution < 1.29 is 22.4 Å². The van der Waals surface area contributed by atoms with Gasteiger partial charge in [-0.25, -0.2) is 8.42 Å². The third kappa shape index (κ3) is 2.55. The minimum atomic E-state index is -3.33. The molecule has 0 fully saturated rings. The molecule has 2 atom stereocenters. The zero-order chi connectivity index (χ0) is 17.8. The zero-order valence-electron chi connectivity index (χ0n) is 13.6. The molecule has 1 aliphatic heterocycles. The van der Waals surface area contributed by atoms with Crippen molar-refractivity contribution in [3.05, 3.63) is 40.2 Å². The molecule has 1 amide bonds. The Morgan fingerprint density at radius 1 is 1.36 bits per heavy atom. The van der Waals surface area contributed by atoms with Gasteiger partial charge in [0, 0.05) is 18.4 Å². The standard InChI is InChI=1S/C17H17NO5S2/c1-9-7-12(10-5-6-24-17(10)25(9,21)22)18-16(20)11-8-23-14-4-2-3-13(19)15(11)14/h5-6,8-9,12H,2-4,7H2,1H3,(H,18,20)/t9-,12-/m0/s1. The van der Waals surface area contributed by atoms with E-state index in [-0.39, 0.29) is 11.3 Å². The van der Waals surface area contributed by atoms with Crippen molar-refractivity contribution in [1.29, 1.82) is 0 Å². The number of Topliss-reactive ketones (excluding diaryl/α,β-unsaturated/α-hetero) is 1. The van der Waals surface area contributed by atoms with Crippen LogP contribution in [-0.4, -0.2) is 25.4 Å². The van der Waals surface area contributed by atoms with Gasteiger partial charge in [-0.15, -0.1) is 11.3 Å². The summed E-state index contributed by atoms with van der Waals surface area (Å²) in [4.78, 5) is 24.9. The number of fused-ring (bicyclic) bond motifs is 2. The number of furan rings is 1. The molecular weight excluding hydrogens is 362 g/mol. The van der Waals surface area contributed by atoms with Crippen molar-refractivity contribution in [2.75, 3.05) is 0 Å². The van der Waals surface area contributed by atoms with Crippen molar-refractivity contribution in [1.82, 2.24) is 5.32 Å². The molecule has 1 N–H and O–H groups in total. The van der Waals surface area contributed by atoms with Crippen LogP contribution in [0.5, 0.6) is 0 Å². The van der Waals surface area contributed by atoms with Crippen molar-refractivity contribution in [3.8, 4) is 0 Å². The molecule has 132 valence electrons. The maximum atomic E-state index is 12.7. The average molecular weight is 379 g/mol. The smallest absolute Gasteiger partial charge is 0.255 e. The Kier molecular flexibility index (Phi) is 3.84. The average Bonchev–Trinajstić information content (AvgIpc) is 3.21. The summed E-state index contributed by atoms with van der Waals surface area (Å²) in [5.74, 6) is 0.0991. The van der Waals surface area contributed by atoms with Crippen molar-refractivity contribution in [2.45, 2.75) is 48.1 Å². The van der Waals surface area contributed by atoms with Gasteiger partial charge < -0.3 is 9.73 Å². The second-order valence-electron chi connectivity index (χ2n) is 6.51. The van der Waals surface area contributed by atoms with E-state index in [1.165, 1.54) is 17.6 Å². The molecule has 0 aromatic carbocycles. The van der Waals surface area contributed by atoms with Gasteiger partial charge in [-0.2, -0.15) is 0 Å². The van der Waals surface area contributed by atoms with Gasteiger partial charge in [-0.05, 0) is 31.2 Å². The number of hydrogen-bond donors (Lipinski definition) is 1. The molecule has 0 unspecified atom stereocenters. The lowest BCUT2D eigenvalue weighted by Gasteiger charge is -2.28. The van der Waals surface area contributed by atoms with Gasteiger partial charge in [0.25, 0.3) is 5.91 Å². The highest BCUT2D eigenvalue weighted by Gasteiger charge is 2.38. The Morgan fingerprint density at radius 2 is 2.16 bits per heavy atom. The summed E-state index contributed by atoms with van der Waals surface area (Å²) in [5.41, 5.74) is 1.25. The SMILES string of the molecule is C[C@H]1C[C@H](NC(=O)c2coc3c2C(=O)CCC3)c2ccsc2S1(=O)=O. The monoisotopic (exact) mass is 379 g/mol. The quantitative estimate of drug-likeness (QED) is 0.866. The number of rotatable bonds is 2. The normalized spacial score (nSPS) is 24.4. The number of aryl methyl sites for hydroxylation is 1. The van der Waals surface area contributed by atoms with E-state index in [9.17, 15) is 18.0 Å². The summed E-state index contributed by atoms with van der Waals surface area (Å²) in [5, 5.41) is 4.05. The first-order valence-corrected chi connectivity index (χ1v) is 10.6. The van der Waals surface area contributed by atoms with E-state index >= 15 is 0 Å². The number of hydrogen-bond acceptors (Lipinski definition) is 6. The van der Waals surface area contributed by atoms with Gasteiger partial charge in [0.05, 0.1) is 22.4 Å². The van der Waals surface area contributed by atoms with Gasteiger partial charge >= 0.3 is 0 Å². The first-order chi connectivity index (χ1) is 11.9. The lowest BCUT2D eigenvalue weighted by molar-refractivity contribution is 0.0914. The first kappa shape index (κ1) is 16.5. The maximum Gasteiger partial charge on any atom is 0.255 e. The largest absolute Gasteiger partial charge is 0.468 e. The zero-order valence-corrected chi connectivity index (χ0v) is 15.2. The molecule has 0 saturated heterocycles. The molecule has 0 radical (unpaired) electrons. The van der Waals surface area contributed by atoms with Crippen molar-refractivity contribution in [3.63, 3.8) is 0 Å². The van der Waals surface area contributed by atoms with Crippen LogP contribution in [0.1, 0.15) is 64.3 Å². The molecule has 8 heteroatoms. The highest BCUT2D eigenvalue weighted by Crippen LogP contribution is 2.39. The second-order valence-corrected chi connectivity index (χ2v) is 9.98. The molecule has 4 rings (SSSR count). The van der Waals surface area contributed by atoms with Gasteiger partial charge in [-0.1, -0.05) is 0 Å². The Labute approximate surface area is 149 Å². The Morgan fingerprint density at radius 3 is 2.96 bits per heavy atom. The molecule has 2 aromatic rings. The predicted octanol–water partition coefficient (Wildman–Crippen LogP) is 2.90. The van der Waals surface area contributed by atoms with Crippen LogP contribution in [0, 0.1) is 0 Å². The molecule has 1 aliphatic carbocycles. The third-order valence-electron chi connectivity index (χ3n) is 4.89. The summed E-state index contributed by atoms with van der Waals surface area (Å²) in [6.45, 7) is 1.65. The lowest BCUT2D eigenvalue weighted by atomic mass is 9.93. The van der Waals surface area contributed by atoms with Crippen molar-refractivity contribution >= 4 is 32.9 Å². The molecule has 3 heterocycles. The summed E-state index contributed by atoms with van der Waals surface area (Å²) in [7, 11) is -3.33. The summed E-state index contributed by atoms with van der Waals surface area (Å²) in [6, 6.07) is 1.35. The predicted molar refractivity (Wildman–Crippen MR) is 91.8 cm³/mol. The molecule has 2 aliphatic rings. The number of sulfone groups is 1. The molecule has 0 bridgehead atoms. The fourth-order valence-corrected chi connectivity index (χ4v) is 6.76. The number of carbonyl (C=O) groups is 2. The van der Waals surface area contributed by atoms with Crippen LogP contribution in [0.25, 0.3) is 0 Å². The third-order valence-corrected chi connectivity index (χ3v) is 8.61. The van der Waals surface area contributed by atoms with E-state index in [2.05, 4.69) is 5.32 Å². The maximum absolute atomic E-state index is 12.7. The molecule has 0 spiro atoms. The summed E-state index contributed by atoms with van der Waals surface area (Å²) >= 11 is 1.18. The van der Waals surface area contributed by atoms with E-state index in [1.807, 2.05) is 0 Å². The topological polar surface area (TPSA) is 93.4 Å². The fourth-order valence-electron chi connectivity index (χ4n) is 3.53. The molecule has 0 saturated carbocycles. The minimum absolute atomic E-state index is 0.0732. The van der Waals surface area contributed by atoms with E-state index in [1.54, 1.807) is 18.4 Å². The van der Waals surface area contributed by atoms with Crippen LogP contribution >= 0.6 is 11.3 Å². The number of amides is 1. The minimum Gasteiger partial charge on any atom is -0.468 e. The second kappa shape index (κ2) is 5.81. The van der Waals surface area contributed by atoms with Crippen molar-refractivity contribution in [2.24, 2.45) is 0 Å². The van der Waals surface area contributed by atoms with Crippen LogP contribution in [0.15, 0.2) is 26.3 Å². The fraction of sp³-hybridized carbons (Fsp3) is 0.412. The highest BCUT2D eigenvalue weighted by atomic mass is 32.2. The summed E-state index contributed by atoms with van der Waals surface area (Å²) < 4.78 is 30.5. The Bertz CT molecular complexity index is 969. The van der Waals surface area contributed by atoms with Crippen LogP contribution in [-0.2, 0) is 16.3 Å². The van der Waals surface area contributed by atoms with E-state index in [0.717, 1.165) is 6.42 Å². The van der Waals surface area contributed by atoms with Crippen LogP contribution in [0.2, 0.25) is 0 Å². The van der Waals surface area contributed by atoms with Crippen LogP contribution in [0.3, 0.4) is 0 Å². The van der Waals surface area contributed by atoms with E-state index in [0.29, 0.717) is 40.4 Å². The van der Waals surface area contributed by atoms with E-state index < -0.39 is 27.0 Å². The Balaban J connectivity index is 1.65. The highest BCUT2D eigenvalue weighted by molar-refractivity contribution is 7.94. The van der Waals surface area contributed by atoms with Gasteiger partial charge in [0.15, 0.2) is 15.6 Å². The van der Waals surface area contributed by atoms with Crippen LogP contribution < -0.4 is 5.32 Å². The van der Waals surface area contributed by atoms with Gasteiger partial charge in [0.1, 0.15) is 16.2 Å². The molecule has 25 heavy (non-hydrogen) atoms. The molecule has 2 aromatic heterocycles. The number of nitrogens with one attached hydrogen (secondary N) is 1. The number of thiophene rings is 1. The van der Waals surface area contributed by atoms with Crippen LogP contribution in [0.4, 0.5) is 0 Å². The molecular formula is C17H17NO5S2. The number of ketones is 1. The van der Waals surface area contributed by atoms with Gasteiger partial charge in [-0.3, -0.25) is 9.59 Å². The first-order valence-electron chi connectivity index (χ1n) is 8.15. The molecule has 6 nitrogen and oxygen atoms in total. The summed E-state index contributed by atoms with van der Waals surface area (Å²) in [6.07, 6.45) is 3.45.